The van der Waals surface area contributed by atoms with Crippen molar-refractivity contribution in [3.63, 3.8) is 0 Å². The Balaban J connectivity index is 2.24. The molecule has 0 heterocycles. The molecule has 4 nitrogen and oxygen atoms in total. The molecule has 0 fully saturated rings. The van der Waals surface area contributed by atoms with Crippen molar-refractivity contribution in [2.24, 2.45) is 0 Å². The van der Waals surface area contributed by atoms with Gasteiger partial charge in [-0.05, 0) is 12.1 Å². The summed E-state index contributed by atoms with van der Waals surface area (Å²) in [7, 11) is -1.05. The molecule has 1 unspecified atom stereocenters. The van der Waals surface area contributed by atoms with Crippen LogP contribution in [-0.4, -0.2) is 13.9 Å². The van der Waals surface area contributed by atoms with E-state index in [-0.39, 0.29) is 6.79 Å². The molecule has 0 aliphatic carbocycles. The quantitative estimate of drug-likeness (QED) is 0.541. The highest BCUT2D eigenvalue weighted by Gasteiger charge is 1.95. The van der Waals surface area contributed by atoms with Gasteiger partial charge in [-0.15, -0.1) is 0 Å². The highest BCUT2D eigenvalue weighted by Crippen LogP contribution is 2.21. The van der Waals surface area contributed by atoms with E-state index in [0.29, 0.717) is 5.75 Å². The molecule has 0 radical (unpaired) electrons. The van der Waals surface area contributed by atoms with Crippen LogP contribution in [0.3, 0.4) is 0 Å². The van der Waals surface area contributed by atoms with E-state index in [0.717, 1.165) is 0 Å². The fourth-order valence-electron chi connectivity index (χ4n) is 0.721. The van der Waals surface area contributed by atoms with E-state index in [1.54, 1.807) is 12.1 Å². The zero-order valence-corrected chi connectivity index (χ0v) is 8.23. The van der Waals surface area contributed by atoms with Gasteiger partial charge in [0.15, 0.2) is 6.79 Å². The summed E-state index contributed by atoms with van der Waals surface area (Å²) in [5.41, 5.74) is 0. The molecule has 0 amide bonds. The predicted octanol–water partition coefficient (Wildman–Crippen LogP) is 2.08. The van der Waals surface area contributed by atoms with E-state index >= 15 is 0 Å². The highest BCUT2D eigenvalue weighted by molar-refractivity contribution is 7.33. The first kappa shape index (κ1) is 10.3. The summed E-state index contributed by atoms with van der Waals surface area (Å²) in [5.74, 6) is 0.674. The lowest BCUT2D eigenvalue weighted by molar-refractivity contribution is 0.110. The van der Waals surface area contributed by atoms with Crippen molar-refractivity contribution in [3.8, 4) is 5.75 Å². The SMILES string of the molecule is CO[PH](=O)OCOc1ccccc1. The maximum absolute atomic E-state index is 10.7. The molecule has 0 N–H and O–H groups in total. The van der Waals surface area contributed by atoms with E-state index in [1.165, 1.54) is 7.11 Å². The minimum Gasteiger partial charge on any atom is -0.467 e. The van der Waals surface area contributed by atoms with Gasteiger partial charge < -0.3 is 9.26 Å². The second kappa shape index (κ2) is 5.75. The Morgan fingerprint density at radius 3 is 2.62 bits per heavy atom. The molecule has 0 aromatic heterocycles. The van der Waals surface area contributed by atoms with E-state index < -0.39 is 8.25 Å². The van der Waals surface area contributed by atoms with Crippen molar-refractivity contribution >= 4 is 8.25 Å². The summed E-state index contributed by atoms with van der Waals surface area (Å²) in [5, 5.41) is 0. The first-order valence-corrected chi connectivity index (χ1v) is 4.94. The standard InChI is InChI=1S/C8H11O4P/c1-10-13(9)12-7-11-8-5-3-2-4-6-8/h2-6,13H,7H2,1H3. The molecule has 1 aromatic carbocycles. The van der Waals surface area contributed by atoms with Gasteiger partial charge in [0.1, 0.15) is 5.75 Å². The molecular weight excluding hydrogens is 191 g/mol. The lowest BCUT2D eigenvalue weighted by Gasteiger charge is -2.05. The van der Waals surface area contributed by atoms with Crippen LogP contribution < -0.4 is 4.74 Å². The number of benzene rings is 1. The van der Waals surface area contributed by atoms with Gasteiger partial charge in [-0.3, -0.25) is 9.09 Å². The largest absolute Gasteiger partial charge is 0.467 e. The summed E-state index contributed by atoms with van der Waals surface area (Å²) < 4.78 is 24.9. The van der Waals surface area contributed by atoms with Crippen LogP contribution in [-0.2, 0) is 13.6 Å². The molecule has 0 aliphatic heterocycles. The summed E-state index contributed by atoms with van der Waals surface area (Å²) in [6.07, 6.45) is 0. The average molecular weight is 202 g/mol. The van der Waals surface area contributed by atoms with Crippen LogP contribution >= 0.6 is 8.25 Å². The monoisotopic (exact) mass is 202 g/mol. The van der Waals surface area contributed by atoms with Gasteiger partial charge in [-0.2, -0.15) is 0 Å². The van der Waals surface area contributed by atoms with E-state index in [1.807, 2.05) is 18.2 Å². The van der Waals surface area contributed by atoms with E-state index in [9.17, 15) is 4.57 Å². The molecular formula is C8H11O4P. The van der Waals surface area contributed by atoms with Crippen molar-refractivity contribution in [1.29, 1.82) is 0 Å². The third-order valence-corrected chi connectivity index (χ3v) is 2.00. The second-order valence-electron chi connectivity index (χ2n) is 2.17. The molecule has 0 spiro atoms. The number of rotatable bonds is 5. The predicted molar refractivity (Wildman–Crippen MR) is 49.0 cm³/mol. The number of para-hydroxylation sites is 1. The Hall–Kier alpha value is -0.830. The highest BCUT2D eigenvalue weighted by atomic mass is 31.1. The van der Waals surface area contributed by atoms with E-state index in [2.05, 4.69) is 4.52 Å². The van der Waals surface area contributed by atoms with Gasteiger partial charge in [0.25, 0.3) is 0 Å². The molecule has 5 heteroatoms. The van der Waals surface area contributed by atoms with Gasteiger partial charge >= 0.3 is 8.25 Å². The molecule has 1 atom stereocenters. The van der Waals surface area contributed by atoms with Crippen LogP contribution in [0.15, 0.2) is 30.3 Å². The normalized spacial score (nSPS) is 12.4. The topological polar surface area (TPSA) is 44.8 Å². The molecule has 1 rings (SSSR count). The number of hydrogen-bond acceptors (Lipinski definition) is 4. The molecule has 72 valence electrons. The minimum atomic E-state index is -2.37. The Labute approximate surface area is 77.4 Å². The van der Waals surface area contributed by atoms with Crippen molar-refractivity contribution in [1.82, 2.24) is 0 Å². The Morgan fingerprint density at radius 2 is 2.00 bits per heavy atom. The fraction of sp³-hybridized carbons (Fsp3) is 0.250. The van der Waals surface area contributed by atoms with Crippen molar-refractivity contribution in [2.45, 2.75) is 0 Å². The summed E-state index contributed by atoms with van der Waals surface area (Å²) in [6, 6.07) is 9.13. The maximum Gasteiger partial charge on any atom is 0.321 e. The number of hydrogen-bond donors (Lipinski definition) is 0. The van der Waals surface area contributed by atoms with Crippen LogP contribution in [0.25, 0.3) is 0 Å². The molecule has 1 aromatic rings. The van der Waals surface area contributed by atoms with Crippen LogP contribution in [0.5, 0.6) is 5.75 Å². The van der Waals surface area contributed by atoms with Crippen LogP contribution in [0, 0.1) is 0 Å². The van der Waals surface area contributed by atoms with Crippen LogP contribution in [0.1, 0.15) is 0 Å². The third-order valence-electron chi connectivity index (χ3n) is 1.31. The Kier molecular flexibility index (Phi) is 4.54. The van der Waals surface area contributed by atoms with Crippen molar-refractivity contribution in [2.75, 3.05) is 13.9 Å². The molecule has 0 saturated heterocycles. The lowest BCUT2D eigenvalue weighted by atomic mass is 10.3. The zero-order chi connectivity index (χ0) is 9.52. The number of ether oxygens (including phenoxy) is 1. The van der Waals surface area contributed by atoms with Gasteiger partial charge in [-0.25, -0.2) is 0 Å². The zero-order valence-electron chi connectivity index (χ0n) is 7.23. The van der Waals surface area contributed by atoms with Crippen LogP contribution in [0.2, 0.25) is 0 Å². The van der Waals surface area contributed by atoms with Crippen LogP contribution in [0.4, 0.5) is 0 Å². The third kappa shape index (κ3) is 4.08. The minimum absolute atomic E-state index is 0.0599. The average Bonchev–Trinajstić information content (AvgIpc) is 2.19. The summed E-state index contributed by atoms with van der Waals surface area (Å²) in [6.45, 7) is -0.0599. The fourth-order valence-corrected chi connectivity index (χ4v) is 0.994. The lowest BCUT2D eigenvalue weighted by Crippen LogP contribution is -1.97. The van der Waals surface area contributed by atoms with Gasteiger partial charge in [0, 0.05) is 7.11 Å². The molecule has 0 bridgehead atoms. The molecule has 0 aliphatic rings. The molecule has 0 saturated carbocycles. The Morgan fingerprint density at radius 1 is 1.31 bits per heavy atom. The van der Waals surface area contributed by atoms with Crippen molar-refractivity contribution < 1.29 is 18.3 Å². The maximum atomic E-state index is 10.7. The Bertz CT molecular complexity index is 262. The van der Waals surface area contributed by atoms with Gasteiger partial charge in [0.05, 0.1) is 0 Å². The second-order valence-corrected chi connectivity index (χ2v) is 3.37. The van der Waals surface area contributed by atoms with Gasteiger partial charge in [-0.1, -0.05) is 18.2 Å². The molecule has 13 heavy (non-hydrogen) atoms. The van der Waals surface area contributed by atoms with E-state index in [4.69, 9.17) is 9.26 Å². The first-order chi connectivity index (χ1) is 6.33. The smallest absolute Gasteiger partial charge is 0.321 e. The first-order valence-electron chi connectivity index (χ1n) is 3.71. The summed E-state index contributed by atoms with van der Waals surface area (Å²) in [4.78, 5) is 0. The summed E-state index contributed by atoms with van der Waals surface area (Å²) >= 11 is 0. The van der Waals surface area contributed by atoms with Gasteiger partial charge in [0.2, 0.25) is 0 Å². The van der Waals surface area contributed by atoms with Crippen molar-refractivity contribution in [3.05, 3.63) is 30.3 Å².